The highest BCUT2D eigenvalue weighted by molar-refractivity contribution is 5.87. The van der Waals surface area contributed by atoms with E-state index >= 15 is 0 Å². The molecular weight excluding hydrogens is 272 g/mol. The van der Waals surface area contributed by atoms with Gasteiger partial charge in [0.05, 0.1) is 4.92 Å². The normalized spacial score (nSPS) is 10.8. The summed E-state index contributed by atoms with van der Waals surface area (Å²) >= 11 is 0. The Hall–Kier alpha value is -2.63. The van der Waals surface area contributed by atoms with Crippen LogP contribution < -0.4 is 4.90 Å². The maximum atomic E-state index is 10.9. The Labute approximate surface area is 123 Å². The highest BCUT2D eigenvalue weighted by Gasteiger charge is 2.16. The number of nitrogens with zero attached hydrogens (tertiary/aromatic N) is 2. The maximum absolute atomic E-state index is 10.9. The third-order valence-electron chi connectivity index (χ3n) is 2.89. The van der Waals surface area contributed by atoms with E-state index in [2.05, 4.69) is 6.58 Å². The summed E-state index contributed by atoms with van der Waals surface area (Å²) in [5.74, 6) is -1.10. The van der Waals surface area contributed by atoms with E-state index < -0.39 is 10.9 Å². The molecule has 0 saturated carbocycles. The first kappa shape index (κ1) is 16.4. The van der Waals surface area contributed by atoms with Gasteiger partial charge >= 0.3 is 5.97 Å². The van der Waals surface area contributed by atoms with Gasteiger partial charge in [-0.3, -0.25) is 10.1 Å². The number of carboxylic acid groups (broad SMARTS) is 1. The highest BCUT2D eigenvalue weighted by atomic mass is 16.6. The van der Waals surface area contributed by atoms with Crippen molar-refractivity contribution < 1.29 is 14.8 Å². The van der Waals surface area contributed by atoms with Crippen molar-refractivity contribution in [2.45, 2.75) is 19.9 Å². The summed E-state index contributed by atoms with van der Waals surface area (Å²) in [5.41, 5.74) is 1.14. The number of aliphatic carboxylic acids is 1. The van der Waals surface area contributed by atoms with Crippen LogP contribution in [-0.2, 0) is 4.79 Å². The summed E-state index contributed by atoms with van der Waals surface area (Å²) in [5, 5.41) is 19.6. The van der Waals surface area contributed by atoms with Crippen LogP contribution in [0, 0.1) is 10.1 Å². The minimum atomic E-state index is -1.10. The van der Waals surface area contributed by atoms with E-state index in [-0.39, 0.29) is 11.7 Å². The molecule has 0 fully saturated rings. The van der Waals surface area contributed by atoms with Crippen LogP contribution in [0.2, 0.25) is 0 Å². The van der Waals surface area contributed by atoms with Crippen LogP contribution in [0.1, 0.15) is 19.4 Å². The predicted octanol–water partition coefficient (Wildman–Crippen LogP) is 3.09. The molecule has 1 aromatic carbocycles. The molecule has 0 aliphatic rings. The van der Waals surface area contributed by atoms with Gasteiger partial charge in [0, 0.05) is 42.0 Å². The maximum Gasteiger partial charge on any atom is 0.328 e. The number of nitro benzene ring substituents is 1. The average molecular weight is 290 g/mol. The molecule has 0 aliphatic carbocycles. The molecule has 0 aliphatic heterocycles. The van der Waals surface area contributed by atoms with Crippen LogP contribution in [0.25, 0.3) is 6.08 Å². The highest BCUT2D eigenvalue weighted by Crippen LogP contribution is 2.28. The van der Waals surface area contributed by atoms with E-state index in [1.54, 1.807) is 12.1 Å². The standard InChI is InChI=1S/C15H18N2O4/c1-4-9-16(11(2)3)14-7-6-13(17(20)21)10-12(14)5-8-15(18)19/h4-8,10-11H,1,9H2,2-3H3,(H,18,19)/b8-5+. The first-order valence-electron chi connectivity index (χ1n) is 6.43. The number of non-ortho nitro benzene ring substituents is 1. The third-order valence-corrected chi connectivity index (χ3v) is 2.89. The zero-order valence-corrected chi connectivity index (χ0v) is 12.0. The second-order valence-corrected chi connectivity index (χ2v) is 4.71. The van der Waals surface area contributed by atoms with Crippen LogP contribution in [0.15, 0.2) is 36.9 Å². The van der Waals surface area contributed by atoms with E-state index in [1.165, 1.54) is 18.2 Å². The Morgan fingerprint density at radius 1 is 1.52 bits per heavy atom. The monoisotopic (exact) mass is 290 g/mol. The zero-order valence-electron chi connectivity index (χ0n) is 12.0. The molecule has 1 rings (SSSR count). The molecule has 0 saturated heterocycles. The fourth-order valence-electron chi connectivity index (χ4n) is 1.94. The Kier molecular flexibility index (Phi) is 5.66. The zero-order chi connectivity index (χ0) is 16.0. The molecule has 21 heavy (non-hydrogen) atoms. The van der Waals surface area contributed by atoms with Crippen LogP contribution >= 0.6 is 0 Å². The molecule has 0 atom stereocenters. The van der Waals surface area contributed by atoms with Gasteiger partial charge in [-0.15, -0.1) is 6.58 Å². The summed E-state index contributed by atoms with van der Waals surface area (Å²) in [7, 11) is 0. The number of carbonyl (C=O) groups is 1. The van der Waals surface area contributed by atoms with Gasteiger partial charge in [-0.2, -0.15) is 0 Å². The molecule has 0 aromatic heterocycles. The second kappa shape index (κ2) is 7.23. The van der Waals surface area contributed by atoms with Crippen molar-refractivity contribution in [2.75, 3.05) is 11.4 Å². The van der Waals surface area contributed by atoms with Gasteiger partial charge in [0.25, 0.3) is 5.69 Å². The summed E-state index contributed by atoms with van der Waals surface area (Å²) in [4.78, 5) is 23.0. The molecule has 1 aromatic rings. The average Bonchev–Trinajstić information content (AvgIpc) is 2.42. The van der Waals surface area contributed by atoms with Crippen LogP contribution in [-0.4, -0.2) is 28.6 Å². The minimum absolute atomic E-state index is 0.0777. The Morgan fingerprint density at radius 2 is 2.19 bits per heavy atom. The lowest BCUT2D eigenvalue weighted by molar-refractivity contribution is -0.384. The van der Waals surface area contributed by atoms with Crippen LogP contribution in [0.3, 0.4) is 0 Å². The smallest absolute Gasteiger partial charge is 0.328 e. The number of hydrogen-bond acceptors (Lipinski definition) is 4. The van der Waals surface area contributed by atoms with Crippen molar-refractivity contribution in [1.29, 1.82) is 0 Å². The molecule has 0 unspecified atom stereocenters. The first-order valence-corrected chi connectivity index (χ1v) is 6.43. The summed E-state index contributed by atoms with van der Waals surface area (Å²) in [6.45, 7) is 8.22. The van der Waals surface area contributed by atoms with Gasteiger partial charge < -0.3 is 10.0 Å². The molecule has 112 valence electrons. The van der Waals surface area contributed by atoms with Crippen molar-refractivity contribution in [1.82, 2.24) is 0 Å². The number of nitro groups is 1. The quantitative estimate of drug-likeness (QED) is 0.361. The summed E-state index contributed by atoms with van der Waals surface area (Å²) in [6.07, 6.45) is 4.06. The van der Waals surface area contributed by atoms with E-state index in [0.717, 1.165) is 11.8 Å². The SMILES string of the molecule is C=CCN(c1ccc([N+](=O)[O-])cc1/C=C/C(=O)O)C(C)C. The van der Waals surface area contributed by atoms with Gasteiger partial charge in [-0.1, -0.05) is 6.08 Å². The lowest BCUT2D eigenvalue weighted by Crippen LogP contribution is -2.31. The van der Waals surface area contributed by atoms with Crippen molar-refractivity contribution in [3.05, 3.63) is 52.6 Å². The molecule has 6 heteroatoms. The van der Waals surface area contributed by atoms with Crippen molar-refractivity contribution in [2.24, 2.45) is 0 Å². The summed E-state index contributed by atoms with van der Waals surface area (Å²) in [6, 6.07) is 4.55. The lowest BCUT2D eigenvalue weighted by Gasteiger charge is -2.29. The predicted molar refractivity (Wildman–Crippen MR) is 82.4 cm³/mol. The van der Waals surface area contributed by atoms with Gasteiger partial charge in [0.2, 0.25) is 0 Å². The lowest BCUT2D eigenvalue weighted by atomic mass is 10.1. The van der Waals surface area contributed by atoms with E-state index in [4.69, 9.17) is 5.11 Å². The molecule has 1 N–H and O–H groups in total. The van der Waals surface area contributed by atoms with E-state index in [0.29, 0.717) is 12.1 Å². The number of anilines is 1. The van der Waals surface area contributed by atoms with Crippen molar-refractivity contribution >= 4 is 23.4 Å². The van der Waals surface area contributed by atoms with Gasteiger partial charge in [-0.25, -0.2) is 4.79 Å². The molecule has 0 bridgehead atoms. The first-order chi connectivity index (χ1) is 9.86. The molecule has 6 nitrogen and oxygen atoms in total. The van der Waals surface area contributed by atoms with Crippen molar-refractivity contribution in [3.63, 3.8) is 0 Å². The number of benzene rings is 1. The summed E-state index contributed by atoms with van der Waals surface area (Å²) < 4.78 is 0. The van der Waals surface area contributed by atoms with E-state index in [1.807, 2.05) is 18.7 Å². The number of hydrogen-bond donors (Lipinski definition) is 1. The minimum Gasteiger partial charge on any atom is -0.478 e. The van der Waals surface area contributed by atoms with Crippen molar-refractivity contribution in [3.8, 4) is 0 Å². The second-order valence-electron chi connectivity index (χ2n) is 4.71. The molecule has 0 amide bonds. The molecule has 0 radical (unpaired) electrons. The Balaban J connectivity index is 3.37. The molecule has 0 spiro atoms. The number of carboxylic acids is 1. The van der Waals surface area contributed by atoms with Gasteiger partial charge in [-0.05, 0) is 26.0 Å². The third kappa shape index (κ3) is 4.45. The van der Waals surface area contributed by atoms with E-state index in [9.17, 15) is 14.9 Å². The largest absolute Gasteiger partial charge is 0.478 e. The number of rotatable bonds is 7. The molecular formula is C15H18N2O4. The van der Waals surface area contributed by atoms with Crippen LogP contribution in [0.5, 0.6) is 0 Å². The fraction of sp³-hybridized carbons (Fsp3) is 0.267. The Morgan fingerprint density at radius 3 is 2.67 bits per heavy atom. The fourth-order valence-corrected chi connectivity index (χ4v) is 1.94. The molecule has 0 heterocycles. The Bertz CT molecular complexity index is 579. The van der Waals surface area contributed by atoms with Gasteiger partial charge in [0.15, 0.2) is 0 Å². The van der Waals surface area contributed by atoms with Gasteiger partial charge in [0.1, 0.15) is 0 Å². The van der Waals surface area contributed by atoms with Crippen LogP contribution in [0.4, 0.5) is 11.4 Å². The topological polar surface area (TPSA) is 83.7 Å².